The third kappa shape index (κ3) is 7.76. The maximum atomic E-state index is 14.8. The molecule has 170 valence electrons. The zero-order valence-electron chi connectivity index (χ0n) is 19.0. The topological polar surface area (TPSA) is 63.1 Å². The third-order valence-electron chi connectivity index (χ3n) is 5.73. The zero-order valence-corrected chi connectivity index (χ0v) is 19.0. The van der Waals surface area contributed by atoms with Crippen LogP contribution in [0.4, 0.5) is 10.1 Å². The first-order valence-electron chi connectivity index (χ1n) is 11.5. The average Bonchev–Trinajstić information content (AvgIpc) is 2.76. The predicted octanol–water partition coefficient (Wildman–Crippen LogP) is 2.82. The summed E-state index contributed by atoms with van der Waals surface area (Å²) in [6.45, 7) is 13.3. The lowest BCUT2D eigenvalue weighted by molar-refractivity contribution is 0.251. The molecule has 1 aromatic carbocycles. The van der Waals surface area contributed by atoms with Crippen molar-refractivity contribution in [1.29, 1.82) is 0 Å². The normalized spacial score (nSPS) is 16.6. The lowest BCUT2D eigenvalue weighted by atomic mass is 10.0. The third-order valence-corrected chi connectivity index (χ3v) is 5.73. The first-order valence-corrected chi connectivity index (χ1v) is 11.5. The molecule has 1 aliphatic rings. The Morgan fingerprint density at radius 3 is 2.50 bits per heavy atom. The number of benzene rings is 1. The number of piperazine rings is 1. The Bertz CT molecular complexity index is 640. The second-order valence-corrected chi connectivity index (χ2v) is 7.95. The summed E-state index contributed by atoms with van der Waals surface area (Å²) in [5, 5.41) is 15.9. The van der Waals surface area contributed by atoms with Gasteiger partial charge in [0.2, 0.25) is 0 Å². The lowest BCUT2D eigenvalue weighted by Crippen LogP contribution is -2.46. The number of aliphatic hydroxyl groups excluding tert-OH is 1. The molecule has 0 amide bonds. The summed E-state index contributed by atoms with van der Waals surface area (Å²) in [5.74, 6) is 0.988. The van der Waals surface area contributed by atoms with E-state index < -0.39 is 0 Å². The van der Waals surface area contributed by atoms with Gasteiger partial charge < -0.3 is 25.5 Å². The van der Waals surface area contributed by atoms with E-state index in [1.807, 2.05) is 19.1 Å². The SMILES string of the molecule is CCCC(CCO)CNC(=NCc1ccc(N2CCN(CC)CC2)c(F)c1)NCC. The van der Waals surface area contributed by atoms with Gasteiger partial charge in [-0.05, 0) is 49.9 Å². The van der Waals surface area contributed by atoms with Crippen molar-refractivity contribution in [3.8, 4) is 0 Å². The van der Waals surface area contributed by atoms with E-state index in [4.69, 9.17) is 0 Å². The van der Waals surface area contributed by atoms with E-state index in [9.17, 15) is 9.50 Å². The quantitative estimate of drug-likeness (QED) is 0.379. The molecule has 7 heteroatoms. The van der Waals surface area contributed by atoms with Gasteiger partial charge in [-0.15, -0.1) is 0 Å². The Kier molecular flexibility index (Phi) is 10.9. The first-order chi connectivity index (χ1) is 14.6. The molecule has 0 spiro atoms. The van der Waals surface area contributed by atoms with Crippen molar-refractivity contribution >= 4 is 11.6 Å². The van der Waals surface area contributed by atoms with Gasteiger partial charge in [0.05, 0.1) is 12.2 Å². The fourth-order valence-electron chi connectivity index (χ4n) is 3.90. The molecule has 0 aromatic heterocycles. The van der Waals surface area contributed by atoms with Gasteiger partial charge in [-0.1, -0.05) is 26.3 Å². The van der Waals surface area contributed by atoms with E-state index in [0.29, 0.717) is 18.2 Å². The van der Waals surface area contributed by atoms with Gasteiger partial charge in [-0.25, -0.2) is 9.38 Å². The number of nitrogens with one attached hydrogen (secondary N) is 2. The molecule has 1 atom stereocenters. The van der Waals surface area contributed by atoms with Gasteiger partial charge in [0, 0.05) is 45.9 Å². The van der Waals surface area contributed by atoms with E-state index in [2.05, 4.69) is 39.3 Å². The second-order valence-electron chi connectivity index (χ2n) is 7.95. The van der Waals surface area contributed by atoms with Crippen molar-refractivity contribution < 1.29 is 9.50 Å². The number of nitrogens with zero attached hydrogens (tertiary/aromatic N) is 3. The molecule has 1 aromatic rings. The van der Waals surface area contributed by atoms with Gasteiger partial charge in [0.25, 0.3) is 0 Å². The van der Waals surface area contributed by atoms with Gasteiger partial charge in [0.1, 0.15) is 5.82 Å². The number of likely N-dealkylation sites (N-methyl/N-ethyl adjacent to an activating group) is 1. The van der Waals surface area contributed by atoms with Crippen molar-refractivity contribution in [3.63, 3.8) is 0 Å². The van der Waals surface area contributed by atoms with Gasteiger partial charge in [0.15, 0.2) is 5.96 Å². The van der Waals surface area contributed by atoms with Crippen LogP contribution < -0.4 is 15.5 Å². The summed E-state index contributed by atoms with van der Waals surface area (Å²) in [5.41, 5.74) is 1.55. The molecule has 0 bridgehead atoms. The molecule has 30 heavy (non-hydrogen) atoms. The minimum atomic E-state index is -0.170. The Morgan fingerprint density at radius 2 is 1.90 bits per heavy atom. The Morgan fingerprint density at radius 1 is 1.13 bits per heavy atom. The smallest absolute Gasteiger partial charge is 0.191 e. The molecule has 0 radical (unpaired) electrons. The Labute approximate surface area is 181 Å². The molecule has 2 rings (SSSR count). The highest BCUT2D eigenvalue weighted by Gasteiger charge is 2.18. The summed E-state index contributed by atoms with van der Waals surface area (Å²) >= 11 is 0. The largest absolute Gasteiger partial charge is 0.396 e. The second kappa shape index (κ2) is 13.4. The van der Waals surface area contributed by atoms with Crippen LogP contribution in [0.15, 0.2) is 23.2 Å². The van der Waals surface area contributed by atoms with Crippen molar-refractivity contribution in [1.82, 2.24) is 15.5 Å². The summed E-state index contributed by atoms with van der Waals surface area (Å²) in [6, 6.07) is 5.48. The minimum Gasteiger partial charge on any atom is -0.396 e. The van der Waals surface area contributed by atoms with Crippen molar-refractivity contribution in [2.24, 2.45) is 10.9 Å². The summed E-state index contributed by atoms with van der Waals surface area (Å²) < 4.78 is 14.8. The summed E-state index contributed by atoms with van der Waals surface area (Å²) in [4.78, 5) is 9.15. The van der Waals surface area contributed by atoms with Crippen LogP contribution in [0.2, 0.25) is 0 Å². The molecular formula is C23H40FN5O. The number of anilines is 1. The van der Waals surface area contributed by atoms with E-state index in [-0.39, 0.29) is 12.4 Å². The lowest BCUT2D eigenvalue weighted by Gasteiger charge is -2.35. The number of aliphatic hydroxyl groups is 1. The molecule has 1 unspecified atom stereocenters. The summed E-state index contributed by atoms with van der Waals surface area (Å²) in [7, 11) is 0. The molecule has 1 aliphatic heterocycles. The first kappa shape index (κ1) is 24.4. The van der Waals surface area contributed by atoms with Crippen molar-refractivity contribution in [3.05, 3.63) is 29.6 Å². The maximum absolute atomic E-state index is 14.8. The van der Waals surface area contributed by atoms with Crippen LogP contribution in [0.3, 0.4) is 0 Å². The predicted molar refractivity (Wildman–Crippen MR) is 124 cm³/mol. The average molecular weight is 422 g/mol. The van der Waals surface area contributed by atoms with Crippen LogP contribution in [0.25, 0.3) is 0 Å². The van der Waals surface area contributed by atoms with Crippen molar-refractivity contribution in [2.45, 2.75) is 46.6 Å². The molecule has 1 fully saturated rings. The van der Waals surface area contributed by atoms with Crippen LogP contribution in [-0.4, -0.2) is 68.4 Å². The van der Waals surface area contributed by atoms with E-state index >= 15 is 0 Å². The number of hydrogen-bond acceptors (Lipinski definition) is 4. The molecule has 0 saturated carbocycles. The highest BCUT2D eigenvalue weighted by molar-refractivity contribution is 5.79. The number of aliphatic imine (C=N–C) groups is 1. The monoisotopic (exact) mass is 421 g/mol. The van der Waals surface area contributed by atoms with Crippen LogP contribution in [0, 0.1) is 11.7 Å². The van der Waals surface area contributed by atoms with E-state index in [1.54, 1.807) is 6.07 Å². The highest BCUT2D eigenvalue weighted by Crippen LogP contribution is 2.22. The standard InChI is InChI=1S/C23H40FN5O/c1-4-7-19(10-15-30)17-26-23(25-5-2)27-18-20-8-9-22(21(24)16-20)29-13-11-28(6-3)12-14-29/h8-9,16,19,30H,4-7,10-15,17-18H2,1-3H3,(H2,25,26,27). The minimum absolute atomic E-state index is 0.170. The number of halogens is 1. The van der Waals surface area contributed by atoms with Crippen LogP contribution in [0.1, 0.15) is 45.6 Å². The van der Waals surface area contributed by atoms with Gasteiger partial charge in [-0.2, -0.15) is 0 Å². The Balaban J connectivity index is 1.95. The molecular weight excluding hydrogens is 381 g/mol. The number of hydrogen-bond donors (Lipinski definition) is 3. The van der Waals surface area contributed by atoms with Crippen LogP contribution >= 0.6 is 0 Å². The van der Waals surface area contributed by atoms with Crippen LogP contribution in [-0.2, 0) is 6.54 Å². The molecule has 6 nitrogen and oxygen atoms in total. The highest BCUT2D eigenvalue weighted by atomic mass is 19.1. The van der Waals surface area contributed by atoms with Gasteiger partial charge in [-0.3, -0.25) is 0 Å². The number of rotatable bonds is 11. The molecule has 1 saturated heterocycles. The van der Waals surface area contributed by atoms with Crippen LogP contribution in [0.5, 0.6) is 0 Å². The number of guanidine groups is 1. The molecule has 3 N–H and O–H groups in total. The Hall–Kier alpha value is -1.86. The summed E-state index contributed by atoms with van der Waals surface area (Å²) in [6.07, 6.45) is 2.96. The molecule has 1 heterocycles. The van der Waals surface area contributed by atoms with Crippen molar-refractivity contribution in [2.75, 3.05) is 57.3 Å². The maximum Gasteiger partial charge on any atom is 0.191 e. The van der Waals surface area contributed by atoms with Gasteiger partial charge >= 0.3 is 0 Å². The fraction of sp³-hybridized carbons (Fsp3) is 0.696. The molecule has 0 aliphatic carbocycles. The fourth-order valence-corrected chi connectivity index (χ4v) is 3.90. The zero-order chi connectivity index (χ0) is 21.8. The van der Waals surface area contributed by atoms with E-state index in [1.165, 1.54) is 0 Å². The van der Waals surface area contributed by atoms with E-state index in [0.717, 1.165) is 76.6 Å².